The number of likely N-dealkylation sites (tertiary alicyclic amines) is 1. The molecule has 1 aliphatic heterocycles. The van der Waals surface area contributed by atoms with Gasteiger partial charge in [-0.3, -0.25) is 9.59 Å². The highest BCUT2D eigenvalue weighted by molar-refractivity contribution is 9.10. The summed E-state index contributed by atoms with van der Waals surface area (Å²) in [5.41, 5.74) is 0.887. The first-order valence-electron chi connectivity index (χ1n) is 11.9. The van der Waals surface area contributed by atoms with Crippen molar-refractivity contribution in [1.29, 1.82) is 0 Å². The van der Waals surface area contributed by atoms with Crippen LogP contribution in [0.15, 0.2) is 46.4 Å². The third-order valence-corrected chi connectivity index (χ3v) is 6.61. The highest BCUT2D eigenvalue weighted by Gasteiger charge is 2.46. The van der Waals surface area contributed by atoms with Gasteiger partial charge in [0, 0.05) is 12.1 Å². The minimum absolute atomic E-state index is 0.0183. The van der Waals surface area contributed by atoms with Crippen LogP contribution >= 0.6 is 15.9 Å². The fourth-order valence-electron chi connectivity index (χ4n) is 4.14. The van der Waals surface area contributed by atoms with E-state index in [4.69, 9.17) is 9.47 Å². The van der Waals surface area contributed by atoms with Crippen LogP contribution in [0, 0.1) is 0 Å². The van der Waals surface area contributed by atoms with Gasteiger partial charge in [-0.25, -0.2) is 0 Å². The molecule has 2 N–H and O–H groups in total. The smallest absolute Gasteiger partial charge is 0.295 e. The molecule has 2 aromatic carbocycles. The molecule has 0 bridgehead atoms. The number of phenols is 1. The molecule has 3 rings (SSSR count). The van der Waals surface area contributed by atoms with Gasteiger partial charge in [0.25, 0.3) is 11.7 Å². The van der Waals surface area contributed by atoms with E-state index in [9.17, 15) is 19.8 Å². The standard InChI is InChI=1S/C27H33BrN2O6/c1-5-6-13-36-19-10-7-9-17(14-19)24(31)22-23(18-15-20(28)25(32)21(16-18)35-4)30(27(34)26(22)33)12-8-11-29(2)3/h7,9-10,14-16,23,31-32H,5-6,8,11-13H2,1-4H3. The molecular formula is C27H33BrN2O6. The summed E-state index contributed by atoms with van der Waals surface area (Å²) < 4.78 is 11.4. The van der Waals surface area contributed by atoms with E-state index in [0.29, 0.717) is 40.9 Å². The minimum atomic E-state index is -0.859. The lowest BCUT2D eigenvalue weighted by atomic mass is 9.95. The van der Waals surface area contributed by atoms with Crippen LogP contribution in [0.25, 0.3) is 5.76 Å². The zero-order valence-electron chi connectivity index (χ0n) is 21.1. The molecule has 1 atom stereocenters. The van der Waals surface area contributed by atoms with Crippen molar-refractivity contribution in [2.24, 2.45) is 0 Å². The Balaban J connectivity index is 2.12. The number of ketones is 1. The first-order valence-corrected chi connectivity index (χ1v) is 12.7. The van der Waals surface area contributed by atoms with E-state index < -0.39 is 17.7 Å². The molecule has 1 heterocycles. The molecule has 1 saturated heterocycles. The zero-order valence-corrected chi connectivity index (χ0v) is 22.7. The van der Waals surface area contributed by atoms with Crippen molar-refractivity contribution in [2.45, 2.75) is 32.2 Å². The number of hydrogen-bond donors (Lipinski definition) is 2. The van der Waals surface area contributed by atoms with Crippen molar-refractivity contribution < 1.29 is 29.3 Å². The number of phenolic OH excluding ortho intramolecular Hbond substituents is 1. The Kier molecular flexibility index (Phi) is 9.39. The van der Waals surface area contributed by atoms with E-state index in [2.05, 4.69) is 22.9 Å². The normalized spacial score (nSPS) is 17.2. The summed E-state index contributed by atoms with van der Waals surface area (Å²) in [4.78, 5) is 29.9. The second-order valence-corrected chi connectivity index (χ2v) is 9.79. The number of aliphatic hydroxyl groups excluding tert-OH is 1. The highest BCUT2D eigenvalue weighted by atomic mass is 79.9. The van der Waals surface area contributed by atoms with Gasteiger partial charge in [-0.15, -0.1) is 0 Å². The quantitative estimate of drug-likeness (QED) is 0.177. The van der Waals surface area contributed by atoms with E-state index in [-0.39, 0.29) is 22.8 Å². The third kappa shape index (κ3) is 6.02. The molecule has 1 amide bonds. The molecule has 0 saturated carbocycles. The van der Waals surface area contributed by atoms with Gasteiger partial charge >= 0.3 is 0 Å². The van der Waals surface area contributed by atoms with Gasteiger partial charge < -0.3 is 29.5 Å². The van der Waals surface area contributed by atoms with Crippen molar-refractivity contribution in [2.75, 3.05) is 40.9 Å². The molecular weight excluding hydrogens is 528 g/mol. The van der Waals surface area contributed by atoms with Crippen molar-refractivity contribution in [3.8, 4) is 17.2 Å². The predicted molar refractivity (Wildman–Crippen MR) is 141 cm³/mol. The summed E-state index contributed by atoms with van der Waals surface area (Å²) in [6.07, 6.45) is 2.52. The Morgan fingerprint density at radius 2 is 1.92 bits per heavy atom. The van der Waals surface area contributed by atoms with Crippen LogP contribution < -0.4 is 9.47 Å². The zero-order chi connectivity index (χ0) is 26.4. The molecule has 9 heteroatoms. The van der Waals surface area contributed by atoms with Crippen LogP contribution in [0.5, 0.6) is 17.2 Å². The molecule has 0 aromatic heterocycles. The molecule has 8 nitrogen and oxygen atoms in total. The minimum Gasteiger partial charge on any atom is -0.507 e. The Bertz CT molecular complexity index is 1150. The van der Waals surface area contributed by atoms with Gasteiger partial charge in [-0.1, -0.05) is 25.5 Å². The Morgan fingerprint density at radius 3 is 2.58 bits per heavy atom. The first kappa shape index (κ1) is 27.5. The van der Waals surface area contributed by atoms with Crippen molar-refractivity contribution in [3.63, 3.8) is 0 Å². The van der Waals surface area contributed by atoms with Crippen molar-refractivity contribution in [1.82, 2.24) is 9.80 Å². The van der Waals surface area contributed by atoms with Crippen LogP contribution in [0.3, 0.4) is 0 Å². The number of halogens is 1. The lowest BCUT2D eigenvalue weighted by Crippen LogP contribution is -2.32. The molecule has 0 radical (unpaired) electrons. The SMILES string of the molecule is CCCCOc1cccc(C(O)=C2C(=O)C(=O)N(CCCN(C)C)C2c2cc(Br)c(O)c(OC)c2)c1. The number of rotatable bonds is 11. The number of benzene rings is 2. The Morgan fingerprint density at radius 1 is 1.17 bits per heavy atom. The van der Waals surface area contributed by atoms with Crippen LogP contribution in [-0.4, -0.2) is 72.6 Å². The maximum Gasteiger partial charge on any atom is 0.295 e. The summed E-state index contributed by atoms with van der Waals surface area (Å²) in [6, 6.07) is 9.20. The number of ether oxygens (including phenoxy) is 2. The molecule has 1 aliphatic rings. The maximum absolute atomic E-state index is 13.3. The maximum atomic E-state index is 13.3. The number of nitrogens with zero attached hydrogens (tertiary/aromatic N) is 2. The predicted octanol–water partition coefficient (Wildman–Crippen LogP) is 4.72. The summed E-state index contributed by atoms with van der Waals surface area (Å²) in [7, 11) is 5.29. The van der Waals surface area contributed by atoms with E-state index >= 15 is 0 Å². The topological polar surface area (TPSA) is 99.5 Å². The first-order chi connectivity index (χ1) is 17.2. The summed E-state index contributed by atoms with van der Waals surface area (Å²) in [5.74, 6) is -1.06. The number of amides is 1. The van der Waals surface area contributed by atoms with Crippen LogP contribution in [-0.2, 0) is 9.59 Å². The number of methoxy groups -OCH3 is 1. The van der Waals surface area contributed by atoms with Crippen LogP contribution in [0.2, 0.25) is 0 Å². The molecule has 0 aliphatic carbocycles. The van der Waals surface area contributed by atoms with Gasteiger partial charge in [0.2, 0.25) is 0 Å². The second kappa shape index (κ2) is 12.3. The second-order valence-electron chi connectivity index (χ2n) is 8.93. The number of aromatic hydroxyl groups is 1. The number of hydrogen-bond acceptors (Lipinski definition) is 7. The number of unbranched alkanes of at least 4 members (excludes halogenated alkanes) is 1. The largest absolute Gasteiger partial charge is 0.507 e. The molecule has 1 fully saturated rings. The third-order valence-electron chi connectivity index (χ3n) is 6.00. The average Bonchev–Trinajstić information content (AvgIpc) is 3.10. The molecule has 2 aromatic rings. The fraction of sp³-hybridized carbons (Fsp3) is 0.407. The molecule has 1 unspecified atom stereocenters. The Hall–Kier alpha value is -3.04. The van der Waals surface area contributed by atoms with E-state index in [1.165, 1.54) is 12.0 Å². The van der Waals surface area contributed by atoms with Crippen LogP contribution in [0.1, 0.15) is 43.4 Å². The average molecular weight is 561 g/mol. The summed E-state index contributed by atoms with van der Waals surface area (Å²) in [6.45, 7) is 3.64. The Labute approximate surface area is 220 Å². The lowest BCUT2D eigenvalue weighted by molar-refractivity contribution is -0.139. The monoisotopic (exact) mass is 560 g/mol. The van der Waals surface area contributed by atoms with Crippen LogP contribution in [0.4, 0.5) is 0 Å². The number of carbonyl (C=O) groups is 2. The number of Topliss-reactive ketones (excluding diaryl/α,β-unsaturated/α-hetero) is 1. The van der Waals surface area contributed by atoms with Gasteiger partial charge in [-0.2, -0.15) is 0 Å². The van der Waals surface area contributed by atoms with Crippen molar-refractivity contribution >= 4 is 33.4 Å². The van der Waals surface area contributed by atoms with E-state index in [1.807, 2.05) is 19.0 Å². The van der Waals surface area contributed by atoms with Crippen molar-refractivity contribution in [3.05, 3.63) is 57.6 Å². The highest BCUT2D eigenvalue weighted by Crippen LogP contribution is 2.44. The number of aliphatic hydroxyl groups is 1. The molecule has 36 heavy (non-hydrogen) atoms. The summed E-state index contributed by atoms with van der Waals surface area (Å²) >= 11 is 3.33. The lowest BCUT2D eigenvalue weighted by Gasteiger charge is -2.26. The fourth-order valence-corrected chi connectivity index (χ4v) is 4.60. The van der Waals surface area contributed by atoms with Gasteiger partial charge in [0.15, 0.2) is 11.5 Å². The van der Waals surface area contributed by atoms with Gasteiger partial charge in [-0.05, 0) is 79.2 Å². The van der Waals surface area contributed by atoms with E-state index in [1.54, 1.807) is 36.4 Å². The molecule has 194 valence electrons. The van der Waals surface area contributed by atoms with Gasteiger partial charge in [0.1, 0.15) is 11.5 Å². The van der Waals surface area contributed by atoms with Gasteiger partial charge in [0.05, 0.1) is 29.8 Å². The molecule has 0 spiro atoms. The van der Waals surface area contributed by atoms with E-state index in [0.717, 1.165) is 19.4 Å². The summed E-state index contributed by atoms with van der Waals surface area (Å²) in [5, 5.41) is 21.7. The number of carbonyl (C=O) groups excluding carboxylic acids is 2.